The second kappa shape index (κ2) is 8.59. The molecule has 0 fully saturated rings. The third kappa shape index (κ3) is 5.14. The monoisotopic (exact) mass is 396 g/mol. The van der Waals surface area contributed by atoms with Gasteiger partial charge in [-0.3, -0.25) is 9.59 Å². The lowest BCUT2D eigenvalue weighted by atomic mass is 10.2. The number of benzene rings is 1. The molecule has 1 atom stereocenters. The molecule has 0 spiro atoms. The van der Waals surface area contributed by atoms with Crippen molar-refractivity contribution in [2.24, 2.45) is 5.73 Å². The summed E-state index contributed by atoms with van der Waals surface area (Å²) < 4.78 is 18.1. The number of rotatable bonds is 6. The molecule has 0 aliphatic heterocycles. The Morgan fingerprint density at radius 2 is 2.08 bits per heavy atom. The third-order valence-corrected chi connectivity index (χ3v) is 4.30. The number of hydrogen-bond acceptors (Lipinski definition) is 5. The van der Waals surface area contributed by atoms with E-state index in [2.05, 4.69) is 5.32 Å². The van der Waals surface area contributed by atoms with Crippen molar-refractivity contribution in [3.05, 3.63) is 57.7 Å². The summed E-state index contributed by atoms with van der Waals surface area (Å²) in [6, 6.07) is 5.43. The molecule has 0 radical (unpaired) electrons. The van der Waals surface area contributed by atoms with E-state index >= 15 is 0 Å². The summed E-state index contributed by atoms with van der Waals surface area (Å²) in [5, 5.41) is 4.29. The van der Waals surface area contributed by atoms with E-state index in [9.17, 15) is 18.8 Å². The summed E-state index contributed by atoms with van der Waals surface area (Å²) in [4.78, 5) is 35.1. The van der Waals surface area contributed by atoms with Gasteiger partial charge in [0.05, 0.1) is 10.6 Å². The topological polar surface area (TPSA) is 98.5 Å². The zero-order chi connectivity index (χ0) is 19.3. The second-order valence-corrected chi connectivity index (χ2v) is 6.43. The Balaban J connectivity index is 1.94. The lowest BCUT2D eigenvalue weighted by Crippen LogP contribution is -2.29. The highest BCUT2D eigenvalue weighted by atomic mass is 35.5. The maximum Gasteiger partial charge on any atom is 0.331 e. The van der Waals surface area contributed by atoms with Crippen LogP contribution in [0.15, 0.2) is 35.7 Å². The Bertz CT molecular complexity index is 881. The van der Waals surface area contributed by atoms with Crippen molar-refractivity contribution < 1.29 is 23.5 Å². The molecule has 2 aromatic rings. The van der Waals surface area contributed by atoms with E-state index in [0.717, 1.165) is 17.4 Å². The Kier molecular flexibility index (Phi) is 6.48. The van der Waals surface area contributed by atoms with E-state index in [1.165, 1.54) is 37.3 Å². The van der Waals surface area contributed by atoms with Crippen LogP contribution >= 0.6 is 22.9 Å². The van der Waals surface area contributed by atoms with Crippen LogP contribution in [-0.4, -0.2) is 23.9 Å². The van der Waals surface area contributed by atoms with Gasteiger partial charge in [0.1, 0.15) is 10.8 Å². The van der Waals surface area contributed by atoms with E-state index in [0.29, 0.717) is 5.56 Å². The zero-order valence-corrected chi connectivity index (χ0v) is 15.1. The molecule has 6 nitrogen and oxygen atoms in total. The molecule has 0 saturated carbocycles. The minimum atomic E-state index is -1.10. The highest BCUT2D eigenvalue weighted by Gasteiger charge is 2.19. The van der Waals surface area contributed by atoms with Crippen LogP contribution in [0.4, 0.5) is 9.39 Å². The molecule has 136 valence electrons. The van der Waals surface area contributed by atoms with E-state index in [1.54, 1.807) is 5.38 Å². The van der Waals surface area contributed by atoms with Gasteiger partial charge in [-0.05, 0) is 42.1 Å². The number of nitrogens with two attached hydrogens (primary N) is 1. The molecule has 0 saturated heterocycles. The smallest absolute Gasteiger partial charge is 0.331 e. The van der Waals surface area contributed by atoms with Crippen molar-refractivity contribution in [1.82, 2.24) is 0 Å². The number of esters is 1. The minimum absolute atomic E-state index is 0.0746. The largest absolute Gasteiger partial charge is 0.449 e. The number of hydrogen-bond donors (Lipinski definition) is 2. The number of thiophene rings is 1. The normalized spacial score (nSPS) is 12.0. The predicted octanol–water partition coefficient (Wildman–Crippen LogP) is 3.22. The molecule has 1 aromatic carbocycles. The van der Waals surface area contributed by atoms with Crippen molar-refractivity contribution in [2.75, 3.05) is 5.32 Å². The van der Waals surface area contributed by atoms with Crippen LogP contribution in [-0.2, 0) is 14.3 Å². The highest BCUT2D eigenvalue weighted by Crippen LogP contribution is 2.23. The molecule has 2 amide bonds. The van der Waals surface area contributed by atoms with Gasteiger partial charge in [0.25, 0.3) is 11.8 Å². The van der Waals surface area contributed by atoms with Gasteiger partial charge in [-0.1, -0.05) is 17.7 Å². The van der Waals surface area contributed by atoms with Gasteiger partial charge in [-0.15, -0.1) is 11.3 Å². The van der Waals surface area contributed by atoms with E-state index in [-0.39, 0.29) is 15.6 Å². The molecular weight excluding hydrogens is 383 g/mol. The van der Waals surface area contributed by atoms with Crippen molar-refractivity contribution in [3.63, 3.8) is 0 Å². The number of anilines is 1. The third-order valence-electron chi connectivity index (χ3n) is 3.19. The predicted molar refractivity (Wildman–Crippen MR) is 97.5 cm³/mol. The molecule has 0 bridgehead atoms. The molecule has 1 heterocycles. The van der Waals surface area contributed by atoms with Crippen molar-refractivity contribution in [2.45, 2.75) is 13.0 Å². The van der Waals surface area contributed by atoms with Gasteiger partial charge in [0.15, 0.2) is 6.10 Å². The van der Waals surface area contributed by atoms with Crippen molar-refractivity contribution in [3.8, 4) is 0 Å². The van der Waals surface area contributed by atoms with E-state index < -0.39 is 29.7 Å². The van der Waals surface area contributed by atoms with Crippen LogP contribution in [0.25, 0.3) is 6.08 Å². The zero-order valence-electron chi connectivity index (χ0n) is 13.5. The first-order valence-corrected chi connectivity index (χ1v) is 8.55. The summed E-state index contributed by atoms with van der Waals surface area (Å²) in [6.07, 6.45) is 1.36. The quantitative estimate of drug-likeness (QED) is 0.578. The second-order valence-electron chi connectivity index (χ2n) is 5.10. The maximum absolute atomic E-state index is 13.1. The van der Waals surface area contributed by atoms with Crippen LogP contribution in [0.5, 0.6) is 0 Å². The molecular formula is C17H14ClFN2O4S. The van der Waals surface area contributed by atoms with Crippen molar-refractivity contribution in [1.29, 1.82) is 0 Å². The first-order chi connectivity index (χ1) is 12.3. The number of nitrogens with one attached hydrogen (secondary N) is 1. The van der Waals surface area contributed by atoms with Gasteiger partial charge in [0.2, 0.25) is 0 Å². The van der Waals surface area contributed by atoms with Gasteiger partial charge in [-0.2, -0.15) is 0 Å². The fourth-order valence-electron chi connectivity index (χ4n) is 1.86. The lowest BCUT2D eigenvalue weighted by Gasteiger charge is -2.12. The molecule has 1 aromatic heterocycles. The Labute approximate surface area is 157 Å². The Morgan fingerprint density at radius 1 is 1.35 bits per heavy atom. The van der Waals surface area contributed by atoms with Crippen LogP contribution in [0.2, 0.25) is 5.02 Å². The van der Waals surface area contributed by atoms with Crippen LogP contribution < -0.4 is 11.1 Å². The van der Waals surface area contributed by atoms with Crippen LogP contribution in [0.1, 0.15) is 22.8 Å². The standard InChI is InChI=1S/C17H14ClFN2O4S/c1-9(16(24)21-17-11(15(20)23)6-7-26-17)25-14(22)5-3-10-2-4-13(19)12(18)8-10/h2-9H,1H3,(H2,20,23)(H,21,24)/b5-3+/t9-/m0/s1. The van der Waals surface area contributed by atoms with Gasteiger partial charge in [0, 0.05) is 6.08 Å². The number of carbonyl (C=O) groups excluding carboxylic acids is 3. The summed E-state index contributed by atoms with van der Waals surface area (Å²) in [6.45, 7) is 1.38. The molecule has 0 aliphatic rings. The average molecular weight is 397 g/mol. The number of carbonyl (C=O) groups is 3. The molecule has 0 unspecified atom stereocenters. The van der Waals surface area contributed by atoms with Gasteiger partial charge < -0.3 is 15.8 Å². The van der Waals surface area contributed by atoms with Gasteiger partial charge in [-0.25, -0.2) is 9.18 Å². The minimum Gasteiger partial charge on any atom is -0.449 e. The fourth-order valence-corrected chi connectivity index (χ4v) is 2.85. The Hall–Kier alpha value is -2.71. The fraction of sp³-hybridized carbons (Fsp3) is 0.118. The van der Waals surface area contributed by atoms with Crippen LogP contribution in [0, 0.1) is 5.82 Å². The summed E-state index contributed by atoms with van der Waals surface area (Å²) in [5.41, 5.74) is 5.87. The molecule has 26 heavy (non-hydrogen) atoms. The molecule has 9 heteroatoms. The SMILES string of the molecule is C[C@H](OC(=O)/C=C/c1ccc(F)c(Cl)c1)C(=O)Nc1sccc1C(N)=O. The number of ether oxygens (including phenoxy) is 1. The highest BCUT2D eigenvalue weighted by molar-refractivity contribution is 7.14. The lowest BCUT2D eigenvalue weighted by molar-refractivity contribution is -0.148. The summed E-state index contributed by atoms with van der Waals surface area (Å²) in [7, 11) is 0. The molecule has 2 rings (SSSR count). The molecule has 3 N–H and O–H groups in total. The number of primary amides is 1. The maximum atomic E-state index is 13.1. The van der Waals surface area contributed by atoms with E-state index in [4.69, 9.17) is 22.1 Å². The number of amides is 2. The summed E-state index contributed by atoms with van der Waals surface area (Å²) >= 11 is 6.77. The van der Waals surface area contributed by atoms with Gasteiger partial charge >= 0.3 is 5.97 Å². The van der Waals surface area contributed by atoms with E-state index in [1.807, 2.05) is 0 Å². The molecule has 0 aliphatic carbocycles. The first-order valence-electron chi connectivity index (χ1n) is 7.30. The number of halogens is 2. The van der Waals surface area contributed by atoms with Crippen molar-refractivity contribution >= 4 is 51.8 Å². The van der Waals surface area contributed by atoms with Crippen LogP contribution in [0.3, 0.4) is 0 Å². The average Bonchev–Trinajstić information content (AvgIpc) is 3.04. The summed E-state index contributed by atoms with van der Waals surface area (Å²) in [5.74, 6) is -2.62. The first kappa shape index (κ1) is 19.6. The Morgan fingerprint density at radius 3 is 2.73 bits per heavy atom.